The molecule has 114 valence electrons. The first-order valence-corrected chi connectivity index (χ1v) is 6.12. The minimum absolute atomic E-state index is 0.0812. The molecule has 20 heavy (non-hydrogen) atoms. The molecule has 3 N–H and O–H groups in total. The van der Waals surface area contributed by atoms with E-state index in [9.17, 15) is 19.2 Å². The number of ether oxygens (including phenoxy) is 1. The summed E-state index contributed by atoms with van der Waals surface area (Å²) in [5, 5.41) is 26.4. The van der Waals surface area contributed by atoms with E-state index in [1.165, 1.54) is 0 Å². The highest BCUT2D eigenvalue weighted by molar-refractivity contribution is 5.90. The van der Waals surface area contributed by atoms with Gasteiger partial charge in [0.25, 0.3) is 0 Å². The van der Waals surface area contributed by atoms with Gasteiger partial charge in [-0.15, -0.1) is 0 Å². The molecular formula is C12H18O8. The van der Waals surface area contributed by atoms with Crippen LogP contribution in [0.25, 0.3) is 0 Å². The van der Waals surface area contributed by atoms with E-state index < -0.39 is 42.3 Å². The summed E-state index contributed by atoms with van der Waals surface area (Å²) in [4.78, 5) is 44.1. The van der Waals surface area contributed by atoms with Gasteiger partial charge in [-0.2, -0.15) is 0 Å². The lowest BCUT2D eigenvalue weighted by molar-refractivity contribution is -0.186. The molecule has 8 heteroatoms. The first-order chi connectivity index (χ1) is 9.23. The molecule has 0 aromatic rings. The van der Waals surface area contributed by atoms with E-state index in [2.05, 4.69) is 4.74 Å². The number of rotatable bonds is 10. The number of unbranched alkanes of at least 4 members (excludes halogenated alkanes) is 2. The largest absolute Gasteiger partial charge is 0.481 e. The molecule has 0 aromatic heterocycles. The Kier molecular flexibility index (Phi) is 7.27. The van der Waals surface area contributed by atoms with Gasteiger partial charge < -0.3 is 20.1 Å². The molecule has 0 aliphatic carbocycles. The molecule has 0 aromatic carbocycles. The van der Waals surface area contributed by atoms with Gasteiger partial charge in [0.2, 0.25) is 5.60 Å². The molecule has 0 radical (unpaired) electrons. The SMILES string of the molecule is CCCCCC(=O)OC(CC(=O)O)(CC(=O)O)C(=O)O. The van der Waals surface area contributed by atoms with Crippen molar-refractivity contribution in [1.82, 2.24) is 0 Å². The smallest absolute Gasteiger partial charge is 0.349 e. The molecule has 0 bridgehead atoms. The number of hydrogen-bond donors (Lipinski definition) is 3. The van der Waals surface area contributed by atoms with E-state index in [4.69, 9.17) is 15.3 Å². The van der Waals surface area contributed by atoms with E-state index in [1.807, 2.05) is 6.92 Å². The number of carboxylic acid groups (broad SMARTS) is 3. The van der Waals surface area contributed by atoms with Crippen molar-refractivity contribution >= 4 is 23.9 Å². The first kappa shape index (κ1) is 17.9. The van der Waals surface area contributed by atoms with Crippen molar-refractivity contribution in [3.05, 3.63) is 0 Å². The number of esters is 1. The molecule has 0 aliphatic rings. The van der Waals surface area contributed by atoms with Crippen molar-refractivity contribution < 1.29 is 39.2 Å². The van der Waals surface area contributed by atoms with Crippen LogP contribution in [-0.4, -0.2) is 44.8 Å². The zero-order chi connectivity index (χ0) is 15.8. The molecule has 0 unspecified atom stereocenters. The van der Waals surface area contributed by atoms with Crippen LogP contribution < -0.4 is 0 Å². The van der Waals surface area contributed by atoms with Gasteiger partial charge in [-0.25, -0.2) is 4.79 Å². The molecular weight excluding hydrogens is 272 g/mol. The van der Waals surface area contributed by atoms with Gasteiger partial charge in [0.15, 0.2) is 0 Å². The molecule has 0 amide bonds. The van der Waals surface area contributed by atoms with Crippen LogP contribution in [0.3, 0.4) is 0 Å². The third kappa shape index (κ3) is 6.17. The monoisotopic (exact) mass is 290 g/mol. The van der Waals surface area contributed by atoms with E-state index in [-0.39, 0.29) is 6.42 Å². The lowest BCUT2D eigenvalue weighted by Crippen LogP contribution is -2.47. The Morgan fingerprint density at radius 1 is 0.950 bits per heavy atom. The lowest BCUT2D eigenvalue weighted by atomic mass is 9.95. The fourth-order valence-electron chi connectivity index (χ4n) is 1.61. The Bertz CT molecular complexity index is 371. The highest BCUT2D eigenvalue weighted by Gasteiger charge is 2.47. The van der Waals surface area contributed by atoms with Crippen LogP contribution in [0.5, 0.6) is 0 Å². The Morgan fingerprint density at radius 2 is 1.45 bits per heavy atom. The van der Waals surface area contributed by atoms with Crippen LogP contribution in [-0.2, 0) is 23.9 Å². The van der Waals surface area contributed by atoms with Gasteiger partial charge in [0, 0.05) is 6.42 Å². The summed E-state index contributed by atoms with van der Waals surface area (Å²) < 4.78 is 4.67. The predicted octanol–water partition coefficient (Wildman–Crippen LogP) is 0.883. The molecule has 0 spiro atoms. The standard InChI is InChI=1S/C12H18O8/c1-2-3-4-5-10(17)20-12(11(18)19,6-8(13)14)7-9(15)16/h2-7H2,1H3,(H,13,14)(H,15,16)(H,18,19). The fraction of sp³-hybridized carbons (Fsp3) is 0.667. The number of hydrogen-bond acceptors (Lipinski definition) is 5. The molecule has 0 fully saturated rings. The first-order valence-electron chi connectivity index (χ1n) is 6.12. The minimum Gasteiger partial charge on any atom is -0.481 e. The van der Waals surface area contributed by atoms with Gasteiger partial charge in [-0.1, -0.05) is 19.8 Å². The van der Waals surface area contributed by atoms with Crippen molar-refractivity contribution in [2.75, 3.05) is 0 Å². The summed E-state index contributed by atoms with van der Waals surface area (Å²) in [5.74, 6) is -5.82. The maximum atomic E-state index is 11.5. The van der Waals surface area contributed by atoms with Crippen LogP contribution in [0.1, 0.15) is 45.4 Å². The number of carboxylic acids is 3. The average Bonchev–Trinajstić information content (AvgIpc) is 2.26. The van der Waals surface area contributed by atoms with E-state index in [1.54, 1.807) is 0 Å². The topological polar surface area (TPSA) is 138 Å². The van der Waals surface area contributed by atoms with E-state index in [0.29, 0.717) is 6.42 Å². The number of aliphatic carboxylic acids is 3. The third-order valence-corrected chi connectivity index (χ3v) is 2.56. The van der Waals surface area contributed by atoms with E-state index in [0.717, 1.165) is 12.8 Å². The second-order valence-electron chi connectivity index (χ2n) is 4.37. The summed E-state index contributed by atoms with van der Waals surface area (Å²) in [6.07, 6.45) is -0.260. The average molecular weight is 290 g/mol. The van der Waals surface area contributed by atoms with Gasteiger partial charge in [-0.05, 0) is 6.42 Å². The summed E-state index contributed by atoms with van der Waals surface area (Å²) in [7, 11) is 0. The Morgan fingerprint density at radius 3 is 1.80 bits per heavy atom. The zero-order valence-corrected chi connectivity index (χ0v) is 11.1. The Labute approximate surface area is 115 Å². The summed E-state index contributed by atoms with van der Waals surface area (Å²) in [6, 6.07) is 0. The normalized spacial score (nSPS) is 10.8. The maximum absolute atomic E-state index is 11.5. The van der Waals surface area contributed by atoms with Crippen LogP contribution >= 0.6 is 0 Å². The number of carbonyl (C=O) groups excluding carboxylic acids is 1. The molecule has 0 aliphatic heterocycles. The highest BCUT2D eigenvalue weighted by Crippen LogP contribution is 2.23. The van der Waals surface area contributed by atoms with Crippen molar-refractivity contribution in [3.8, 4) is 0 Å². The molecule has 0 heterocycles. The van der Waals surface area contributed by atoms with Crippen molar-refractivity contribution in [1.29, 1.82) is 0 Å². The lowest BCUT2D eigenvalue weighted by Gasteiger charge is -2.26. The van der Waals surface area contributed by atoms with Crippen LogP contribution in [0.2, 0.25) is 0 Å². The molecule has 0 saturated carbocycles. The van der Waals surface area contributed by atoms with Crippen molar-refractivity contribution in [2.45, 2.75) is 51.0 Å². The Hall–Kier alpha value is -2.12. The van der Waals surface area contributed by atoms with E-state index >= 15 is 0 Å². The summed E-state index contributed by atoms with van der Waals surface area (Å²) in [5.41, 5.74) is -2.57. The Balaban J connectivity index is 4.98. The third-order valence-electron chi connectivity index (χ3n) is 2.56. The quantitative estimate of drug-likeness (QED) is 0.398. The van der Waals surface area contributed by atoms with Gasteiger partial charge in [0.05, 0.1) is 12.8 Å². The van der Waals surface area contributed by atoms with Gasteiger partial charge in [0.1, 0.15) is 0 Å². The second kappa shape index (κ2) is 8.13. The fourth-order valence-corrected chi connectivity index (χ4v) is 1.61. The minimum atomic E-state index is -2.57. The number of carbonyl (C=O) groups is 4. The molecule has 0 atom stereocenters. The molecule has 0 saturated heterocycles. The maximum Gasteiger partial charge on any atom is 0.349 e. The highest BCUT2D eigenvalue weighted by atomic mass is 16.6. The van der Waals surface area contributed by atoms with Crippen molar-refractivity contribution in [3.63, 3.8) is 0 Å². The van der Waals surface area contributed by atoms with Gasteiger partial charge in [-0.3, -0.25) is 14.4 Å². The van der Waals surface area contributed by atoms with Crippen LogP contribution in [0.15, 0.2) is 0 Å². The second-order valence-corrected chi connectivity index (χ2v) is 4.37. The summed E-state index contributed by atoms with van der Waals surface area (Å²) >= 11 is 0. The predicted molar refractivity (Wildman–Crippen MR) is 65.1 cm³/mol. The zero-order valence-electron chi connectivity index (χ0n) is 11.1. The van der Waals surface area contributed by atoms with Crippen LogP contribution in [0, 0.1) is 0 Å². The van der Waals surface area contributed by atoms with Crippen LogP contribution in [0.4, 0.5) is 0 Å². The molecule has 0 rings (SSSR count). The summed E-state index contributed by atoms with van der Waals surface area (Å²) in [6.45, 7) is 1.90. The van der Waals surface area contributed by atoms with Gasteiger partial charge >= 0.3 is 23.9 Å². The molecule has 8 nitrogen and oxygen atoms in total. The van der Waals surface area contributed by atoms with Crippen molar-refractivity contribution in [2.24, 2.45) is 0 Å².